The van der Waals surface area contributed by atoms with Crippen LogP contribution in [-0.2, 0) is 4.79 Å². The van der Waals surface area contributed by atoms with Gasteiger partial charge in [-0.15, -0.1) is 11.3 Å². The first-order chi connectivity index (χ1) is 10.5. The number of carbonyl (C=O) groups is 1. The molecule has 118 valence electrons. The average Bonchev–Trinajstić information content (AvgIpc) is 3.05. The van der Waals surface area contributed by atoms with E-state index in [0.29, 0.717) is 12.5 Å². The number of carbonyl (C=O) groups excluding carboxylic acids is 1. The number of hydrogen-bond acceptors (Lipinski definition) is 3. The highest BCUT2D eigenvalue weighted by Gasteiger charge is 2.33. The van der Waals surface area contributed by atoms with E-state index in [2.05, 4.69) is 45.1 Å². The van der Waals surface area contributed by atoms with Crippen molar-refractivity contribution in [3.63, 3.8) is 0 Å². The van der Waals surface area contributed by atoms with Crippen molar-refractivity contribution in [1.82, 2.24) is 9.78 Å². The van der Waals surface area contributed by atoms with Crippen molar-refractivity contribution in [1.29, 1.82) is 0 Å². The van der Waals surface area contributed by atoms with Gasteiger partial charge in [-0.2, -0.15) is 5.10 Å². The lowest BCUT2D eigenvalue weighted by molar-refractivity contribution is -0.116. The second kappa shape index (κ2) is 5.88. The molecule has 3 rings (SSSR count). The number of amides is 1. The van der Waals surface area contributed by atoms with Gasteiger partial charge >= 0.3 is 0 Å². The molecule has 0 radical (unpaired) electrons. The van der Waals surface area contributed by atoms with Gasteiger partial charge < -0.3 is 5.32 Å². The molecule has 5 heteroatoms. The van der Waals surface area contributed by atoms with E-state index in [0.717, 1.165) is 24.4 Å². The lowest BCUT2D eigenvalue weighted by atomic mass is 9.90. The van der Waals surface area contributed by atoms with Crippen molar-refractivity contribution in [2.24, 2.45) is 0 Å². The number of anilines is 1. The summed E-state index contributed by atoms with van der Waals surface area (Å²) >= 11 is 1.78. The maximum Gasteiger partial charge on any atom is 0.226 e. The Morgan fingerprint density at radius 1 is 1.36 bits per heavy atom. The normalized spacial score (nSPS) is 17.7. The highest BCUT2D eigenvalue weighted by Crippen LogP contribution is 2.42. The SMILES string of the molecule is CCC(CC)n1nc(C)c2c1NC(=O)CC2c1ccc(C)s1. The molecule has 2 aromatic heterocycles. The minimum Gasteiger partial charge on any atom is -0.311 e. The lowest BCUT2D eigenvalue weighted by Gasteiger charge is -2.25. The molecule has 1 atom stereocenters. The molecule has 1 N–H and O–H groups in total. The smallest absolute Gasteiger partial charge is 0.226 e. The first-order valence-electron chi connectivity index (χ1n) is 8.00. The molecule has 0 aliphatic carbocycles. The highest BCUT2D eigenvalue weighted by atomic mass is 32.1. The number of aromatic nitrogens is 2. The standard InChI is InChI=1S/C17H23N3OS/c1-5-12(6-2)20-17-16(11(4)19-20)13(9-15(21)18-17)14-8-7-10(3)22-14/h7-8,12-13H,5-6,9H2,1-4H3,(H,18,21). The summed E-state index contributed by atoms with van der Waals surface area (Å²) in [5, 5.41) is 7.83. The fourth-order valence-electron chi connectivity index (χ4n) is 3.35. The van der Waals surface area contributed by atoms with Crippen molar-refractivity contribution in [2.45, 2.75) is 58.9 Å². The second-order valence-electron chi connectivity index (χ2n) is 6.02. The monoisotopic (exact) mass is 317 g/mol. The average molecular weight is 317 g/mol. The van der Waals surface area contributed by atoms with Crippen LogP contribution in [0.2, 0.25) is 0 Å². The molecule has 0 saturated heterocycles. The molecule has 0 fully saturated rings. The molecule has 0 bridgehead atoms. The van der Waals surface area contributed by atoms with Gasteiger partial charge in [-0.1, -0.05) is 13.8 Å². The number of aryl methyl sites for hydroxylation is 2. The van der Waals surface area contributed by atoms with Gasteiger partial charge in [0.05, 0.1) is 11.7 Å². The Morgan fingerprint density at radius 3 is 2.68 bits per heavy atom. The van der Waals surface area contributed by atoms with Gasteiger partial charge in [0.25, 0.3) is 0 Å². The Kier molecular flexibility index (Phi) is 4.08. The molecule has 1 aliphatic heterocycles. The van der Waals surface area contributed by atoms with Crippen LogP contribution in [0.15, 0.2) is 12.1 Å². The van der Waals surface area contributed by atoms with E-state index in [1.807, 2.05) is 4.68 Å². The minimum absolute atomic E-state index is 0.0932. The van der Waals surface area contributed by atoms with Gasteiger partial charge in [-0.25, -0.2) is 4.68 Å². The number of rotatable bonds is 4. The molecule has 2 aromatic rings. The molecule has 0 saturated carbocycles. The second-order valence-corrected chi connectivity index (χ2v) is 7.34. The largest absolute Gasteiger partial charge is 0.311 e. The van der Waals surface area contributed by atoms with Gasteiger partial charge in [0.15, 0.2) is 0 Å². The van der Waals surface area contributed by atoms with Crippen LogP contribution in [0.1, 0.15) is 66.1 Å². The van der Waals surface area contributed by atoms with Gasteiger partial charge in [0.2, 0.25) is 5.91 Å². The van der Waals surface area contributed by atoms with Gasteiger partial charge in [0.1, 0.15) is 5.82 Å². The van der Waals surface area contributed by atoms with Crippen molar-refractivity contribution in [2.75, 3.05) is 5.32 Å². The third kappa shape index (κ3) is 2.47. The maximum atomic E-state index is 12.2. The number of nitrogens with zero attached hydrogens (tertiary/aromatic N) is 2. The molecule has 1 unspecified atom stereocenters. The van der Waals surface area contributed by atoms with Crippen LogP contribution in [0.3, 0.4) is 0 Å². The van der Waals surface area contributed by atoms with E-state index in [4.69, 9.17) is 5.10 Å². The number of nitrogens with one attached hydrogen (secondary N) is 1. The van der Waals surface area contributed by atoms with E-state index in [1.54, 1.807) is 11.3 Å². The Bertz CT molecular complexity index is 697. The van der Waals surface area contributed by atoms with E-state index in [1.165, 1.54) is 15.3 Å². The lowest BCUT2D eigenvalue weighted by Crippen LogP contribution is -2.25. The van der Waals surface area contributed by atoms with E-state index >= 15 is 0 Å². The quantitative estimate of drug-likeness (QED) is 0.908. The third-order valence-corrected chi connectivity index (χ3v) is 5.63. The molecule has 1 amide bonds. The van der Waals surface area contributed by atoms with Crippen LogP contribution in [0.25, 0.3) is 0 Å². The molecule has 22 heavy (non-hydrogen) atoms. The van der Waals surface area contributed by atoms with Crippen LogP contribution in [-0.4, -0.2) is 15.7 Å². The van der Waals surface area contributed by atoms with Gasteiger partial charge in [-0.05, 0) is 38.8 Å². The summed E-state index contributed by atoms with van der Waals surface area (Å²) in [6.07, 6.45) is 2.55. The van der Waals surface area contributed by atoms with Gasteiger partial charge in [-0.3, -0.25) is 4.79 Å². The predicted octanol–water partition coefficient (Wildman–Crippen LogP) is 4.40. The molecule has 0 aromatic carbocycles. The summed E-state index contributed by atoms with van der Waals surface area (Å²) in [4.78, 5) is 14.8. The summed E-state index contributed by atoms with van der Waals surface area (Å²) in [6.45, 7) is 8.51. The minimum atomic E-state index is 0.0932. The Morgan fingerprint density at radius 2 is 2.09 bits per heavy atom. The zero-order valence-corrected chi connectivity index (χ0v) is 14.5. The Balaban J connectivity index is 2.11. The van der Waals surface area contributed by atoms with Crippen LogP contribution in [0.5, 0.6) is 0 Å². The summed E-state index contributed by atoms with van der Waals surface area (Å²) < 4.78 is 2.04. The summed E-state index contributed by atoms with van der Waals surface area (Å²) in [5.41, 5.74) is 2.24. The molecule has 4 nitrogen and oxygen atoms in total. The van der Waals surface area contributed by atoms with Crippen LogP contribution < -0.4 is 5.32 Å². The maximum absolute atomic E-state index is 12.2. The summed E-state index contributed by atoms with van der Waals surface area (Å²) in [7, 11) is 0. The van der Waals surface area contributed by atoms with Crippen molar-refractivity contribution < 1.29 is 4.79 Å². The number of fused-ring (bicyclic) bond motifs is 1. The first kappa shape index (κ1) is 15.3. The van der Waals surface area contributed by atoms with E-state index in [9.17, 15) is 4.79 Å². The van der Waals surface area contributed by atoms with Crippen LogP contribution in [0, 0.1) is 13.8 Å². The van der Waals surface area contributed by atoms with Crippen molar-refractivity contribution in [3.05, 3.63) is 33.1 Å². The van der Waals surface area contributed by atoms with Gasteiger partial charge in [0, 0.05) is 27.7 Å². The molecule has 3 heterocycles. The fourth-order valence-corrected chi connectivity index (χ4v) is 4.34. The fraction of sp³-hybridized carbons (Fsp3) is 0.529. The molecular weight excluding hydrogens is 294 g/mol. The highest BCUT2D eigenvalue weighted by molar-refractivity contribution is 7.12. The van der Waals surface area contributed by atoms with Crippen LogP contribution >= 0.6 is 11.3 Å². The number of hydrogen-bond donors (Lipinski definition) is 1. The summed E-state index contributed by atoms with van der Waals surface area (Å²) in [5.74, 6) is 1.15. The molecule has 1 aliphatic rings. The molecule has 0 spiro atoms. The number of thiophene rings is 1. The Hall–Kier alpha value is -1.62. The zero-order chi connectivity index (χ0) is 15.9. The van der Waals surface area contributed by atoms with E-state index in [-0.39, 0.29) is 11.8 Å². The van der Waals surface area contributed by atoms with Crippen LogP contribution in [0.4, 0.5) is 5.82 Å². The van der Waals surface area contributed by atoms with E-state index < -0.39 is 0 Å². The van der Waals surface area contributed by atoms with Crippen molar-refractivity contribution in [3.8, 4) is 0 Å². The predicted molar refractivity (Wildman–Crippen MR) is 90.7 cm³/mol. The summed E-state index contributed by atoms with van der Waals surface area (Å²) in [6, 6.07) is 4.62. The Labute approximate surface area is 135 Å². The first-order valence-corrected chi connectivity index (χ1v) is 8.81. The topological polar surface area (TPSA) is 46.9 Å². The molecular formula is C17H23N3OS. The van der Waals surface area contributed by atoms with Crippen molar-refractivity contribution >= 4 is 23.1 Å². The third-order valence-electron chi connectivity index (χ3n) is 4.52. The zero-order valence-electron chi connectivity index (χ0n) is 13.6.